The van der Waals surface area contributed by atoms with Gasteiger partial charge in [0, 0.05) is 5.69 Å². The number of nitrogens with zero attached hydrogens (tertiary/aromatic N) is 1. The third kappa shape index (κ3) is 3.93. The monoisotopic (exact) mass is 380 g/mol. The Morgan fingerprint density at radius 3 is 2.14 bits per heavy atom. The second kappa shape index (κ2) is 8.04. The summed E-state index contributed by atoms with van der Waals surface area (Å²) in [6.45, 7) is 2.97. The van der Waals surface area contributed by atoms with Crippen LogP contribution in [-0.4, -0.2) is 41.7 Å². The molecule has 0 atom stereocenters. The summed E-state index contributed by atoms with van der Waals surface area (Å²) >= 11 is 0. The van der Waals surface area contributed by atoms with Gasteiger partial charge in [0.15, 0.2) is 6.61 Å². The highest BCUT2D eigenvalue weighted by Gasteiger charge is 2.36. The first-order valence-corrected chi connectivity index (χ1v) is 8.88. The maximum Gasteiger partial charge on any atom is 0.326 e. The number of esters is 1. The van der Waals surface area contributed by atoms with Crippen molar-refractivity contribution < 1.29 is 23.9 Å². The van der Waals surface area contributed by atoms with E-state index in [0.717, 1.165) is 10.5 Å². The molecule has 3 amide bonds. The third-order valence-corrected chi connectivity index (χ3v) is 4.39. The molecular weight excluding hydrogens is 360 g/mol. The predicted molar refractivity (Wildman–Crippen MR) is 102 cm³/mol. The number of imide groups is 1. The van der Waals surface area contributed by atoms with Crippen molar-refractivity contribution in [3.63, 3.8) is 0 Å². The number of anilines is 1. The number of carbonyl (C=O) groups is 4. The molecule has 0 spiro atoms. The molecule has 1 N–H and O–H groups in total. The summed E-state index contributed by atoms with van der Waals surface area (Å²) in [6.07, 6.45) is 0. The largest absolute Gasteiger partial charge is 0.454 e. The highest BCUT2D eigenvalue weighted by Crippen LogP contribution is 2.24. The number of amides is 3. The van der Waals surface area contributed by atoms with E-state index < -0.39 is 36.8 Å². The van der Waals surface area contributed by atoms with Crippen LogP contribution in [0.5, 0.6) is 0 Å². The number of ether oxygens (including phenoxy) is 1. The average Bonchev–Trinajstić information content (AvgIpc) is 2.92. The lowest BCUT2D eigenvalue weighted by atomic mass is 10.0. The zero-order chi connectivity index (χ0) is 20.3. The number of para-hydroxylation sites is 1. The van der Waals surface area contributed by atoms with Gasteiger partial charge in [-0.1, -0.05) is 44.2 Å². The first-order chi connectivity index (χ1) is 13.4. The highest BCUT2D eigenvalue weighted by atomic mass is 16.5. The van der Waals surface area contributed by atoms with Crippen molar-refractivity contribution in [3.8, 4) is 0 Å². The van der Waals surface area contributed by atoms with Gasteiger partial charge in [-0.3, -0.25) is 24.1 Å². The zero-order valence-corrected chi connectivity index (χ0v) is 15.6. The fraction of sp³-hybridized carbons (Fsp3) is 0.238. The van der Waals surface area contributed by atoms with E-state index in [2.05, 4.69) is 5.32 Å². The Morgan fingerprint density at radius 1 is 0.964 bits per heavy atom. The molecule has 28 heavy (non-hydrogen) atoms. The number of fused-ring (bicyclic) bond motifs is 1. The van der Waals surface area contributed by atoms with E-state index >= 15 is 0 Å². The Hall–Kier alpha value is -3.48. The Kier molecular flexibility index (Phi) is 5.54. The SMILES string of the molecule is CC(C)c1ccccc1NC(=O)COC(=O)CN1C(=O)c2ccccc2C1=O. The number of nitrogens with one attached hydrogen (secondary N) is 1. The van der Waals surface area contributed by atoms with Crippen LogP contribution in [0, 0.1) is 0 Å². The minimum absolute atomic E-state index is 0.216. The van der Waals surface area contributed by atoms with Crippen molar-refractivity contribution in [3.05, 3.63) is 65.2 Å². The lowest BCUT2D eigenvalue weighted by molar-refractivity contribution is -0.147. The van der Waals surface area contributed by atoms with Crippen LogP contribution in [0.3, 0.4) is 0 Å². The lowest BCUT2D eigenvalue weighted by Gasteiger charge is -2.15. The molecule has 0 saturated carbocycles. The topological polar surface area (TPSA) is 92.8 Å². The molecule has 2 aromatic rings. The van der Waals surface area contributed by atoms with Crippen LogP contribution < -0.4 is 5.32 Å². The van der Waals surface area contributed by atoms with Crippen molar-refractivity contribution in [1.82, 2.24) is 4.90 Å². The summed E-state index contributed by atoms with van der Waals surface area (Å²) in [5.74, 6) is -2.21. The molecule has 1 aliphatic rings. The number of hydrogen-bond acceptors (Lipinski definition) is 5. The van der Waals surface area contributed by atoms with Crippen molar-refractivity contribution in [2.75, 3.05) is 18.5 Å². The molecule has 7 heteroatoms. The standard InChI is InChI=1S/C21H20N2O5/c1-13(2)14-7-5-6-10-17(14)22-18(24)12-28-19(25)11-23-20(26)15-8-3-4-9-16(15)21(23)27/h3-10,13H,11-12H2,1-2H3,(H,22,24). The number of carbonyl (C=O) groups excluding carboxylic acids is 4. The molecule has 0 aromatic heterocycles. The maximum absolute atomic E-state index is 12.2. The molecule has 1 heterocycles. The second-order valence-corrected chi connectivity index (χ2v) is 6.69. The second-order valence-electron chi connectivity index (χ2n) is 6.69. The van der Waals surface area contributed by atoms with Crippen LogP contribution in [0.25, 0.3) is 0 Å². The number of benzene rings is 2. The fourth-order valence-corrected chi connectivity index (χ4v) is 3.00. The van der Waals surface area contributed by atoms with Gasteiger partial charge in [0.1, 0.15) is 6.54 Å². The fourth-order valence-electron chi connectivity index (χ4n) is 3.00. The van der Waals surface area contributed by atoms with Crippen molar-refractivity contribution in [2.24, 2.45) is 0 Å². The smallest absolute Gasteiger partial charge is 0.326 e. The molecule has 0 saturated heterocycles. The lowest BCUT2D eigenvalue weighted by Crippen LogP contribution is -2.36. The van der Waals surface area contributed by atoms with E-state index in [1.54, 1.807) is 24.3 Å². The third-order valence-electron chi connectivity index (χ3n) is 4.39. The quantitative estimate of drug-likeness (QED) is 0.614. The summed E-state index contributed by atoms with van der Waals surface area (Å²) in [4.78, 5) is 49.4. The molecule has 0 radical (unpaired) electrons. The van der Waals surface area contributed by atoms with Crippen LogP contribution in [0.4, 0.5) is 5.69 Å². The van der Waals surface area contributed by atoms with E-state index in [9.17, 15) is 19.2 Å². The Morgan fingerprint density at radius 2 is 1.54 bits per heavy atom. The van der Waals surface area contributed by atoms with Gasteiger partial charge in [-0.05, 0) is 29.7 Å². The van der Waals surface area contributed by atoms with Crippen LogP contribution in [0.15, 0.2) is 48.5 Å². The summed E-state index contributed by atoms with van der Waals surface area (Å²) in [5, 5.41) is 2.71. The van der Waals surface area contributed by atoms with Gasteiger partial charge in [0.2, 0.25) is 0 Å². The average molecular weight is 380 g/mol. The predicted octanol–water partition coefficient (Wildman–Crippen LogP) is 2.59. The number of rotatable bonds is 6. The molecule has 0 aliphatic carbocycles. The van der Waals surface area contributed by atoms with Crippen molar-refractivity contribution in [1.29, 1.82) is 0 Å². The van der Waals surface area contributed by atoms with Crippen LogP contribution in [0.2, 0.25) is 0 Å². The Bertz CT molecular complexity index is 916. The summed E-state index contributed by atoms with van der Waals surface area (Å²) in [6, 6.07) is 13.7. The van der Waals surface area contributed by atoms with Gasteiger partial charge in [-0.2, -0.15) is 0 Å². The Labute approximate surface area is 162 Å². The first-order valence-electron chi connectivity index (χ1n) is 8.88. The molecule has 144 valence electrons. The van der Waals surface area contributed by atoms with E-state index in [-0.39, 0.29) is 17.0 Å². The van der Waals surface area contributed by atoms with E-state index in [1.807, 2.05) is 26.0 Å². The molecule has 0 unspecified atom stereocenters. The molecule has 1 aliphatic heterocycles. The van der Waals surface area contributed by atoms with E-state index in [1.165, 1.54) is 12.1 Å². The Balaban J connectivity index is 1.55. The van der Waals surface area contributed by atoms with Crippen molar-refractivity contribution >= 4 is 29.4 Å². The van der Waals surface area contributed by atoms with E-state index in [4.69, 9.17) is 4.74 Å². The summed E-state index contributed by atoms with van der Waals surface area (Å²) < 4.78 is 4.94. The van der Waals surface area contributed by atoms with Gasteiger partial charge in [0.25, 0.3) is 17.7 Å². The maximum atomic E-state index is 12.2. The molecule has 0 fully saturated rings. The minimum Gasteiger partial charge on any atom is -0.454 e. The molecule has 3 rings (SSSR count). The van der Waals surface area contributed by atoms with E-state index in [0.29, 0.717) is 5.69 Å². The number of hydrogen-bond donors (Lipinski definition) is 1. The van der Waals surface area contributed by atoms with Gasteiger partial charge >= 0.3 is 5.97 Å². The van der Waals surface area contributed by atoms with Gasteiger partial charge in [-0.25, -0.2) is 0 Å². The summed E-state index contributed by atoms with van der Waals surface area (Å²) in [7, 11) is 0. The molecule has 7 nitrogen and oxygen atoms in total. The van der Waals surface area contributed by atoms with Crippen LogP contribution in [-0.2, 0) is 14.3 Å². The van der Waals surface area contributed by atoms with Crippen molar-refractivity contribution in [2.45, 2.75) is 19.8 Å². The normalized spacial score (nSPS) is 12.9. The van der Waals surface area contributed by atoms with Gasteiger partial charge in [-0.15, -0.1) is 0 Å². The first kappa shape index (κ1) is 19.3. The minimum atomic E-state index is -0.832. The molecular formula is C21H20N2O5. The van der Waals surface area contributed by atoms with Crippen LogP contribution >= 0.6 is 0 Å². The van der Waals surface area contributed by atoms with Gasteiger partial charge in [0.05, 0.1) is 11.1 Å². The van der Waals surface area contributed by atoms with Crippen LogP contribution in [0.1, 0.15) is 46.0 Å². The molecule has 2 aromatic carbocycles. The molecule has 0 bridgehead atoms. The zero-order valence-electron chi connectivity index (χ0n) is 15.6. The summed E-state index contributed by atoms with van der Waals surface area (Å²) in [5.41, 5.74) is 2.12. The van der Waals surface area contributed by atoms with Gasteiger partial charge < -0.3 is 10.1 Å². The highest BCUT2D eigenvalue weighted by molar-refractivity contribution is 6.22.